The van der Waals surface area contributed by atoms with Gasteiger partial charge < -0.3 is 18.9 Å². The van der Waals surface area contributed by atoms with Gasteiger partial charge in [0.15, 0.2) is 0 Å². The van der Waals surface area contributed by atoms with Crippen molar-refractivity contribution in [3.8, 4) is 5.75 Å². The standard InChI is InChI=1S/C18H22FN3O3/c1-14-20-8-10-21(14)11-17(23)22-9-7-18(12-22,24-2)13-25-16-5-3-15(19)4-6-16/h3-6,8,10H,7,9,11-13H2,1-2H3/t18-/m0/s1. The van der Waals surface area contributed by atoms with Crippen LogP contribution < -0.4 is 4.74 Å². The predicted octanol–water partition coefficient (Wildman–Crippen LogP) is 2.03. The number of amides is 1. The molecule has 1 fully saturated rings. The largest absolute Gasteiger partial charge is 0.491 e. The molecule has 1 amide bonds. The third-order valence-electron chi connectivity index (χ3n) is 4.65. The van der Waals surface area contributed by atoms with E-state index in [1.165, 1.54) is 12.1 Å². The van der Waals surface area contributed by atoms with Gasteiger partial charge in [-0.25, -0.2) is 9.37 Å². The van der Waals surface area contributed by atoms with Gasteiger partial charge in [0.25, 0.3) is 0 Å². The molecule has 2 aromatic rings. The summed E-state index contributed by atoms with van der Waals surface area (Å²) in [6.45, 7) is 3.53. The van der Waals surface area contributed by atoms with Crippen molar-refractivity contribution in [1.29, 1.82) is 0 Å². The highest BCUT2D eigenvalue weighted by Crippen LogP contribution is 2.26. The quantitative estimate of drug-likeness (QED) is 0.802. The molecule has 25 heavy (non-hydrogen) atoms. The van der Waals surface area contributed by atoms with Crippen LogP contribution >= 0.6 is 0 Å². The molecule has 0 radical (unpaired) electrons. The maximum absolute atomic E-state index is 13.0. The number of likely N-dealkylation sites (tertiary alicyclic amines) is 1. The molecule has 1 aromatic heterocycles. The van der Waals surface area contributed by atoms with Crippen molar-refractivity contribution in [1.82, 2.24) is 14.5 Å². The van der Waals surface area contributed by atoms with Crippen LogP contribution in [0.15, 0.2) is 36.7 Å². The minimum Gasteiger partial charge on any atom is -0.491 e. The smallest absolute Gasteiger partial charge is 0.242 e. The van der Waals surface area contributed by atoms with Gasteiger partial charge >= 0.3 is 0 Å². The number of hydrogen-bond acceptors (Lipinski definition) is 4. The van der Waals surface area contributed by atoms with Gasteiger partial charge in [-0.15, -0.1) is 0 Å². The van der Waals surface area contributed by atoms with Crippen molar-refractivity contribution in [2.45, 2.75) is 25.5 Å². The lowest BCUT2D eigenvalue weighted by molar-refractivity contribution is -0.132. The Balaban J connectivity index is 1.59. The van der Waals surface area contributed by atoms with Crippen LogP contribution in [0.2, 0.25) is 0 Å². The number of imidazole rings is 1. The number of carbonyl (C=O) groups excluding carboxylic acids is 1. The van der Waals surface area contributed by atoms with Crippen LogP contribution in [-0.4, -0.2) is 52.8 Å². The second-order valence-corrected chi connectivity index (χ2v) is 6.30. The lowest BCUT2D eigenvalue weighted by Crippen LogP contribution is -2.43. The monoisotopic (exact) mass is 347 g/mol. The maximum atomic E-state index is 13.0. The average Bonchev–Trinajstić information content (AvgIpc) is 3.22. The minimum absolute atomic E-state index is 0.0295. The first-order chi connectivity index (χ1) is 12.0. The molecular weight excluding hydrogens is 325 g/mol. The van der Waals surface area contributed by atoms with Crippen LogP contribution in [0.5, 0.6) is 5.75 Å². The first-order valence-electron chi connectivity index (χ1n) is 8.20. The predicted molar refractivity (Wildman–Crippen MR) is 89.8 cm³/mol. The van der Waals surface area contributed by atoms with Crippen molar-refractivity contribution < 1.29 is 18.7 Å². The lowest BCUT2D eigenvalue weighted by Gasteiger charge is -2.28. The van der Waals surface area contributed by atoms with E-state index >= 15 is 0 Å². The lowest BCUT2D eigenvalue weighted by atomic mass is 10.0. The molecule has 1 saturated heterocycles. The Bertz CT molecular complexity index is 731. The van der Waals surface area contributed by atoms with Crippen LogP contribution in [0, 0.1) is 12.7 Å². The highest BCUT2D eigenvalue weighted by atomic mass is 19.1. The Morgan fingerprint density at radius 1 is 1.36 bits per heavy atom. The van der Waals surface area contributed by atoms with E-state index in [2.05, 4.69) is 4.98 Å². The molecule has 0 spiro atoms. The van der Waals surface area contributed by atoms with Crippen molar-refractivity contribution in [2.75, 3.05) is 26.8 Å². The van der Waals surface area contributed by atoms with Crippen LogP contribution in [-0.2, 0) is 16.1 Å². The summed E-state index contributed by atoms with van der Waals surface area (Å²) >= 11 is 0. The Morgan fingerprint density at radius 3 is 2.76 bits per heavy atom. The third-order valence-corrected chi connectivity index (χ3v) is 4.65. The number of halogens is 1. The van der Waals surface area contributed by atoms with Gasteiger partial charge in [0, 0.05) is 26.0 Å². The van der Waals surface area contributed by atoms with Gasteiger partial charge in [0.05, 0.1) is 6.54 Å². The fraction of sp³-hybridized carbons (Fsp3) is 0.444. The number of rotatable bonds is 6. The van der Waals surface area contributed by atoms with E-state index in [4.69, 9.17) is 9.47 Å². The molecule has 1 atom stereocenters. The zero-order valence-electron chi connectivity index (χ0n) is 14.4. The Hall–Kier alpha value is -2.41. The third kappa shape index (κ3) is 3.99. The first-order valence-corrected chi connectivity index (χ1v) is 8.20. The van der Waals surface area contributed by atoms with Crippen LogP contribution in [0.4, 0.5) is 4.39 Å². The van der Waals surface area contributed by atoms with E-state index in [0.29, 0.717) is 31.9 Å². The van der Waals surface area contributed by atoms with E-state index in [1.807, 2.05) is 11.5 Å². The normalized spacial score (nSPS) is 20.0. The molecule has 3 rings (SSSR count). The van der Waals surface area contributed by atoms with Crippen LogP contribution in [0.3, 0.4) is 0 Å². The Labute approximate surface area is 146 Å². The zero-order valence-corrected chi connectivity index (χ0v) is 14.4. The average molecular weight is 347 g/mol. The van der Waals surface area contributed by atoms with Crippen molar-refractivity contribution in [2.24, 2.45) is 0 Å². The van der Waals surface area contributed by atoms with Crippen LogP contribution in [0.1, 0.15) is 12.2 Å². The number of hydrogen-bond donors (Lipinski definition) is 0. The van der Waals surface area contributed by atoms with E-state index in [1.54, 1.807) is 36.5 Å². The number of nitrogens with zero attached hydrogens (tertiary/aromatic N) is 3. The Kier molecular flexibility index (Phi) is 5.03. The van der Waals surface area contributed by atoms with Gasteiger partial charge in [0.2, 0.25) is 5.91 Å². The SMILES string of the molecule is CO[C@@]1(COc2ccc(F)cc2)CCN(C(=O)Cn2ccnc2C)C1. The number of benzene rings is 1. The summed E-state index contributed by atoms with van der Waals surface area (Å²) in [4.78, 5) is 18.4. The number of ether oxygens (including phenoxy) is 2. The fourth-order valence-corrected chi connectivity index (χ4v) is 2.96. The summed E-state index contributed by atoms with van der Waals surface area (Å²) < 4.78 is 26.2. The number of aromatic nitrogens is 2. The molecule has 6 nitrogen and oxygen atoms in total. The number of carbonyl (C=O) groups is 1. The van der Waals surface area contributed by atoms with Crippen LogP contribution in [0.25, 0.3) is 0 Å². The minimum atomic E-state index is -0.548. The maximum Gasteiger partial charge on any atom is 0.242 e. The van der Waals surface area contributed by atoms with Crippen molar-refractivity contribution >= 4 is 5.91 Å². The summed E-state index contributed by atoms with van der Waals surface area (Å²) in [7, 11) is 1.63. The molecular formula is C18H22FN3O3. The van der Waals surface area contributed by atoms with E-state index in [-0.39, 0.29) is 18.3 Å². The van der Waals surface area contributed by atoms with Crippen molar-refractivity contribution in [3.05, 3.63) is 48.3 Å². The number of methoxy groups -OCH3 is 1. The van der Waals surface area contributed by atoms with Gasteiger partial charge in [-0.05, 0) is 37.6 Å². The molecule has 0 unspecified atom stereocenters. The highest BCUT2D eigenvalue weighted by Gasteiger charge is 2.41. The molecule has 0 bridgehead atoms. The molecule has 1 aliphatic rings. The topological polar surface area (TPSA) is 56.6 Å². The second-order valence-electron chi connectivity index (χ2n) is 6.30. The summed E-state index contributed by atoms with van der Waals surface area (Å²) in [5.41, 5.74) is -0.548. The molecule has 2 heterocycles. The summed E-state index contributed by atoms with van der Waals surface area (Å²) in [5, 5.41) is 0. The van der Waals surface area contributed by atoms with Gasteiger partial charge in [0.1, 0.15) is 36.1 Å². The molecule has 1 aliphatic heterocycles. The number of aryl methyl sites for hydroxylation is 1. The summed E-state index contributed by atoms with van der Waals surface area (Å²) in [6.07, 6.45) is 4.17. The molecule has 134 valence electrons. The molecule has 7 heteroatoms. The molecule has 0 aliphatic carbocycles. The Morgan fingerprint density at radius 2 is 2.12 bits per heavy atom. The molecule has 1 aromatic carbocycles. The van der Waals surface area contributed by atoms with E-state index in [9.17, 15) is 9.18 Å². The van der Waals surface area contributed by atoms with Crippen molar-refractivity contribution in [3.63, 3.8) is 0 Å². The second kappa shape index (κ2) is 7.23. The fourth-order valence-electron chi connectivity index (χ4n) is 2.96. The van der Waals surface area contributed by atoms with Gasteiger partial charge in [-0.1, -0.05) is 0 Å². The molecule has 0 saturated carbocycles. The summed E-state index contributed by atoms with van der Waals surface area (Å²) in [5.74, 6) is 1.12. The van der Waals surface area contributed by atoms with Gasteiger partial charge in [-0.3, -0.25) is 4.79 Å². The first kappa shape index (κ1) is 17.4. The summed E-state index contributed by atoms with van der Waals surface area (Å²) in [6, 6.07) is 5.87. The van der Waals surface area contributed by atoms with E-state index < -0.39 is 5.60 Å². The highest BCUT2D eigenvalue weighted by molar-refractivity contribution is 5.76. The van der Waals surface area contributed by atoms with Gasteiger partial charge in [-0.2, -0.15) is 0 Å². The zero-order chi connectivity index (χ0) is 17.9. The van der Waals surface area contributed by atoms with E-state index in [0.717, 1.165) is 5.82 Å². The molecule has 0 N–H and O–H groups in total.